The second kappa shape index (κ2) is 6.55. The number of para-hydroxylation sites is 1. The van der Waals surface area contributed by atoms with E-state index in [0.29, 0.717) is 11.1 Å². The van der Waals surface area contributed by atoms with E-state index < -0.39 is 5.91 Å². The van der Waals surface area contributed by atoms with Crippen LogP contribution in [0.5, 0.6) is 0 Å². The molecule has 1 aromatic heterocycles. The van der Waals surface area contributed by atoms with Gasteiger partial charge in [-0.3, -0.25) is 14.8 Å². The van der Waals surface area contributed by atoms with Crippen molar-refractivity contribution >= 4 is 22.8 Å². The summed E-state index contributed by atoms with van der Waals surface area (Å²) in [4.78, 5) is 23.8. The first-order valence-corrected chi connectivity index (χ1v) is 7.40. The predicted octanol–water partition coefficient (Wildman–Crippen LogP) is 2.79. The van der Waals surface area contributed by atoms with Gasteiger partial charge in [0.25, 0.3) is 11.8 Å². The van der Waals surface area contributed by atoms with E-state index in [1.807, 2.05) is 31.2 Å². The number of benzene rings is 2. The first kappa shape index (κ1) is 15.8. The molecule has 122 valence electrons. The van der Waals surface area contributed by atoms with Crippen LogP contribution in [0, 0.1) is 6.92 Å². The molecule has 0 spiro atoms. The molecule has 0 radical (unpaired) electrons. The van der Waals surface area contributed by atoms with Crippen molar-refractivity contribution in [1.82, 2.24) is 10.8 Å². The minimum atomic E-state index is -0.601. The normalized spacial score (nSPS) is 10.6. The second-order valence-electron chi connectivity index (χ2n) is 5.38. The van der Waals surface area contributed by atoms with Crippen LogP contribution in [-0.2, 0) is 6.54 Å². The molecular formula is C18H16N2O4. The van der Waals surface area contributed by atoms with Crippen molar-refractivity contribution in [2.75, 3.05) is 0 Å². The number of carbonyl (C=O) groups is 2. The molecule has 6 nitrogen and oxygen atoms in total. The molecule has 2 amide bonds. The Balaban J connectivity index is 1.75. The number of rotatable bonds is 4. The second-order valence-corrected chi connectivity index (χ2v) is 5.38. The highest BCUT2D eigenvalue weighted by Crippen LogP contribution is 2.24. The molecule has 6 heteroatoms. The lowest BCUT2D eigenvalue weighted by atomic mass is 10.1. The van der Waals surface area contributed by atoms with Gasteiger partial charge in [-0.05, 0) is 30.7 Å². The SMILES string of the molecule is Cc1c(C(=O)NCc2cccc(C(=O)NO)c2)oc2ccccc12. The van der Waals surface area contributed by atoms with Gasteiger partial charge in [0.1, 0.15) is 5.58 Å². The zero-order valence-corrected chi connectivity index (χ0v) is 13.0. The zero-order chi connectivity index (χ0) is 17.1. The third-order valence-electron chi connectivity index (χ3n) is 3.79. The van der Waals surface area contributed by atoms with E-state index in [9.17, 15) is 9.59 Å². The van der Waals surface area contributed by atoms with Crippen LogP contribution in [0.3, 0.4) is 0 Å². The molecule has 0 fully saturated rings. The molecule has 0 saturated carbocycles. The maximum Gasteiger partial charge on any atom is 0.287 e. The smallest absolute Gasteiger partial charge is 0.287 e. The van der Waals surface area contributed by atoms with Gasteiger partial charge in [0, 0.05) is 23.1 Å². The number of hydrogen-bond donors (Lipinski definition) is 3. The van der Waals surface area contributed by atoms with Crippen LogP contribution in [0.4, 0.5) is 0 Å². The highest BCUT2D eigenvalue weighted by Gasteiger charge is 2.17. The number of furan rings is 1. The van der Waals surface area contributed by atoms with Gasteiger partial charge in [-0.25, -0.2) is 5.48 Å². The van der Waals surface area contributed by atoms with Gasteiger partial charge in [-0.15, -0.1) is 0 Å². The van der Waals surface area contributed by atoms with Gasteiger partial charge >= 0.3 is 0 Å². The fourth-order valence-corrected chi connectivity index (χ4v) is 2.54. The predicted molar refractivity (Wildman–Crippen MR) is 87.8 cm³/mol. The number of hydrogen-bond acceptors (Lipinski definition) is 4. The molecule has 0 aliphatic carbocycles. The molecule has 0 aliphatic heterocycles. The van der Waals surface area contributed by atoms with Crippen LogP contribution < -0.4 is 10.8 Å². The van der Waals surface area contributed by atoms with Crippen LogP contribution >= 0.6 is 0 Å². The van der Waals surface area contributed by atoms with Crippen molar-refractivity contribution < 1.29 is 19.2 Å². The largest absolute Gasteiger partial charge is 0.451 e. The minimum absolute atomic E-state index is 0.238. The van der Waals surface area contributed by atoms with E-state index in [1.165, 1.54) is 0 Å². The third kappa shape index (κ3) is 3.00. The Labute approximate surface area is 138 Å². The quantitative estimate of drug-likeness (QED) is 0.508. The molecule has 3 N–H and O–H groups in total. The highest BCUT2D eigenvalue weighted by molar-refractivity contribution is 5.99. The van der Waals surface area contributed by atoms with Crippen LogP contribution in [0.15, 0.2) is 52.9 Å². The summed E-state index contributed by atoms with van der Waals surface area (Å²) in [5.41, 5.74) is 4.08. The Morgan fingerprint density at radius 3 is 2.62 bits per heavy atom. The summed E-state index contributed by atoms with van der Waals surface area (Å²) in [7, 11) is 0. The lowest BCUT2D eigenvalue weighted by Crippen LogP contribution is -2.23. The summed E-state index contributed by atoms with van der Waals surface area (Å²) in [6.07, 6.45) is 0. The van der Waals surface area contributed by atoms with Crippen molar-refractivity contribution in [3.8, 4) is 0 Å². The number of aryl methyl sites for hydroxylation is 1. The fourth-order valence-electron chi connectivity index (χ4n) is 2.54. The van der Waals surface area contributed by atoms with Gasteiger partial charge in [-0.2, -0.15) is 0 Å². The Hall–Kier alpha value is -3.12. The minimum Gasteiger partial charge on any atom is -0.451 e. The first-order chi connectivity index (χ1) is 11.6. The Bertz CT molecular complexity index is 914. The Morgan fingerprint density at radius 1 is 1.08 bits per heavy atom. The summed E-state index contributed by atoms with van der Waals surface area (Å²) < 4.78 is 5.62. The highest BCUT2D eigenvalue weighted by atomic mass is 16.5. The number of amides is 2. The number of carbonyl (C=O) groups excluding carboxylic acids is 2. The molecule has 3 aromatic rings. The average molecular weight is 324 g/mol. The Morgan fingerprint density at radius 2 is 1.88 bits per heavy atom. The van der Waals surface area contributed by atoms with Crippen LogP contribution in [0.2, 0.25) is 0 Å². The molecule has 24 heavy (non-hydrogen) atoms. The standard InChI is InChI=1S/C18H16N2O4/c1-11-14-7-2-3-8-15(14)24-16(11)18(22)19-10-12-5-4-6-13(9-12)17(21)20-23/h2-9,23H,10H2,1H3,(H,19,22)(H,20,21). The molecule has 3 rings (SSSR count). The van der Waals surface area contributed by atoms with Crippen LogP contribution in [-0.4, -0.2) is 17.0 Å². The monoisotopic (exact) mass is 324 g/mol. The lowest BCUT2D eigenvalue weighted by molar-refractivity contribution is 0.0706. The van der Waals surface area contributed by atoms with E-state index in [2.05, 4.69) is 5.32 Å². The molecule has 0 saturated heterocycles. The number of fused-ring (bicyclic) bond motifs is 1. The fraction of sp³-hybridized carbons (Fsp3) is 0.111. The van der Waals surface area contributed by atoms with Gasteiger partial charge in [0.15, 0.2) is 5.76 Å². The van der Waals surface area contributed by atoms with Crippen LogP contribution in [0.1, 0.15) is 32.0 Å². The van der Waals surface area contributed by atoms with Crippen molar-refractivity contribution in [1.29, 1.82) is 0 Å². The number of hydroxylamine groups is 1. The van der Waals surface area contributed by atoms with Gasteiger partial charge in [0.05, 0.1) is 0 Å². The van der Waals surface area contributed by atoms with Crippen LogP contribution in [0.25, 0.3) is 11.0 Å². The van der Waals surface area contributed by atoms with Crippen molar-refractivity contribution in [3.63, 3.8) is 0 Å². The maximum absolute atomic E-state index is 12.4. The molecule has 0 bridgehead atoms. The van der Waals surface area contributed by atoms with E-state index in [-0.39, 0.29) is 18.2 Å². The number of nitrogens with one attached hydrogen (secondary N) is 2. The zero-order valence-electron chi connectivity index (χ0n) is 13.0. The molecule has 2 aromatic carbocycles. The lowest BCUT2D eigenvalue weighted by Gasteiger charge is -2.06. The van der Waals surface area contributed by atoms with Gasteiger partial charge < -0.3 is 9.73 Å². The van der Waals surface area contributed by atoms with Crippen molar-refractivity contribution in [2.24, 2.45) is 0 Å². The van der Waals surface area contributed by atoms with E-state index in [0.717, 1.165) is 16.5 Å². The average Bonchev–Trinajstić information content (AvgIpc) is 2.96. The van der Waals surface area contributed by atoms with Crippen molar-refractivity contribution in [3.05, 3.63) is 71.0 Å². The Kier molecular flexibility index (Phi) is 4.31. The van der Waals surface area contributed by atoms with E-state index in [4.69, 9.17) is 9.62 Å². The topological polar surface area (TPSA) is 91.6 Å². The summed E-state index contributed by atoms with van der Waals surface area (Å²) in [5.74, 6) is -0.641. The van der Waals surface area contributed by atoms with E-state index >= 15 is 0 Å². The van der Waals surface area contributed by atoms with Gasteiger partial charge in [0.2, 0.25) is 0 Å². The van der Waals surface area contributed by atoms with Gasteiger partial charge in [-0.1, -0.05) is 30.3 Å². The molecule has 0 aliphatic rings. The molecular weight excluding hydrogens is 308 g/mol. The van der Waals surface area contributed by atoms with E-state index in [1.54, 1.807) is 29.7 Å². The summed E-state index contributed by atoms with van der Waals surface area (Å²) in [6, 6.07) is 14.1. The first-order valence-electron chi connectivity index (χ1n) is 7.40. The maximum atomic E-state index is 12.4. The third-order valence-corrected chi connectivity index (χ3v) is 3.79. The summed E-state index contributed by atoms with van der Waals surface area (Å²) >= 11 is 0. The summed E-state index contributed by atoms with van der Waals surface area (Å²) in [6.45, 7) is 2.08. The summed E-state index contributed by atoms with van der Waals surface area (Å²) in [5, 5.41) is 12.3. The molecule has 0 atom stereocenters. The van der Waals surface area contributed by atoms with Crippen molar-refractivity contribution in [2.45, 2.75) is 13.5 Å². The molecule has 0 unspecified atom stereocenters. The molecule has 1 heterocycles.